The number of likely N-dealkylation sites (tertiary alicyclic amines) is 2. The number of likely N-dealkylation sites (N-methyl/N-ethyl adjacent to an activating group) is 1. The van der Waals surface area contributed by atoms with Crippen molar-refractivity contribution >= 4 is 29.9 Å². The predicted molar refractivity (Wildman–Crippen MR) is 236 cm³/mol. The van der Waals surface area contributed by atoms with Crippen molar-refractivity contribution in [2.24, 2.45) is 5.92 Å². The van der Waals surface area contributed by atoms with E-state index in [4.69, 9.17) is 9.72 Å². The van der Waals surface area contributed by atoms with Crippen molar-refractivity contribution < 1.29 is 33.8 Å². The summed E-state index contributed by atoms with van der Waals surface area (Å²) >= 11 is 0. The van der Waals surface area contributed by atoms with Crippen LogP contribution in [0, 0.1) is 5.92 Å². The van der Waals surface area contributed by atoms with Gasteiger partial charge in [0.25, 0.3) is 0 Å². The number of ether oxygens (including phenoxy) is 1. The molecule has 63 heavy (non-hydrogen) atoms. The number of rotatable bonds is 14. The van der Waals surface area contributed by atoms with Crippen LogP contribution in [0.5, 0.6) is 0 Å². The Balaban J connectivity index is 0.995. The second-order valence-electron chi connectivity index (χ2n) is 16.6. The van der Waals surface area contributed by atoms with Gasteiger partial charge in [0, 0.05) is 40.0 Å². The van der Waals surface area contributed by atoms with Crippen LogP contribution < -0.4 is 10.6 Å². The van der Waals surface area contributed by atoms with Gasteiger partial charge in [-0.3, -0.25) is 19.3 Å². The van der Waals surface area contributed by atoms with Crippen LogP contribution >= 0.6 is 0 Å². The van der Waals surface area contributed by atoms with Gasteiger partial charge in [0.15, 0.2) is 0 Å². The van der Waals surface area contributed by atoms with Gasteiger partial charge in [-0.1, -0.05) is 86.6 Å². The molecule has 16 nitrogen and oxygen atoms in total. The third-order valence-electron chi connectivity index (χ3n) is 12.1. The maximum atomic E-state index is 14.1. The summed E-state index contributed by atoms with van der Waals surface area (Å²) in [5.74, 6) is 0.686. The largest absolute Gasteiger partial charge is 0.465 e. The second-order valence-corrected chi connectivity index (χ2v) is 16.6. The first kappa shape index (κ1) is 44.1. The van der Waals surface area contributed by atoms with E-state index >= 15 is 0 Å². The van der Waals surface area contributed by atoms with Gasteiger partial charge in [-0.25, -0.2) is 19.6 Å². The van der Waals surface area contributed by atoms with E-state index in [0.29, 0.717) is 37.7 Å². The first-order valence-electron chi connectivity index (χ1n) is 21.4. The first-order valence-corrected chi connectivity index (χ1v) is 21.4. The summed E-state index contributed by atoms with van der Waals surface area (Å²) in [4.78, 5) is 84.0. The highest BCUT2D eigenvalue weighted by atomic mass is 16.5. The maximum Gasteiger partial charge on any atom is 0.407 e. The molecule has 2 saturated heterocycles. The Morgan fingerprint density at radius 1 is 0.762 bits per heavy atom. The van der Waals surface area contributed by atoms with Gasteiger partial charge in [-0.05, 0) is 65.0 Å². The number of aromatic amines is 2. The number of hydrogen-bond donors (Lipinski definition) is 5. The molecule has 2 aliphatic rings. The lowest BCUT2D eigenvalue weighted by molar-refractivity contribution is -0.137. The number of aromatic nitrogens is 4. The Labute approximate surface area is 366 Å². The molecule has 5 aromatic rings. The molecule has 0 bridgehead atoms. The van der Waals surface area contributed by atoms with Gasteiger partial charge in [-0.15, -0.1) is 0 Å². The average molecular weight is 858 g/mol. The SMILES string of the molecule is COC(=O)N[C@H](C(=O)N1CCC[C@H]1c1ncc(-c2ccc(-c3ccc(-c4cnc([C@@H]5CCCN5C(=O)[C@H](Cc5ccc(CNC(C)=O)cc5)N(C)C(=O)O)[nH]4)cc3)cc2)[nH]1)C(C)C. The van der Waals surface area contributed by atoms with E-state index < -0.39 is 24.3 Å². The van der Waals surface area contributed by atoms with Crippen molar-refractivity contribution in [2.75, 3.05) is 27.2 Å². The fourth-order valence-electron chi connectivity index (χ4n) is 8.46. The number of imidazole rings is 2. The van der Waals surface area contributed by atoms with Crippen LogP contribution in [-0.4, -0.2) is 109 Å². The van der Waals surface area contributed by atoms with Gasteiger partial charge in [0.05, 0.1) is 43.0 Å². The zero-order valence-corrected chi connectivity index (χ0v) is 36.3. The summed E-state index contributed by atoms with van der Waals surface area (Å²) in [6, 6.07) is 21.6. The highest BCUT2D eigenvalue weighted by molar-refractivity contribution is 5.87. The van der Waals surface area contributed by atoms with Crippen LogP contribution in [0.15, 0.2) is 85.2 Å². The lowest BCUT2D eigenvalue weighted by Crippen LogP contribution is -2.51. The number of benzene rings is 3. The van der Waals surface area contributed by atoms with Crippen molar-refractivity contribution in [3.63, 3.8) is 0 Å². The fourth-order valence-corrected chi connectivity index (χ4v) is 8.46. The van der Waals surface area contributed by atoms with Gasteiger partial charge >= 0.3 is 12.2 Å². The Bertz CT molecular complexity index is 2410. The zero-order chi connectivity index (χ0) is 44.8. The van der Waals surface area contributed by atoms with Crippen LogP contribution in [0.2, 0.25) is 0 Å². The van der Waals surface area contributed by atoms with Gasteiger partial charge in [0.2, 0.25) is 17.7 Å². The summed E-state index contributed by atoms with van der Waals surface area (Å²) in [6.07, 6.45) is 5.00. The minimum atomic E-state index is -1.19. The van der Waals surface area contributed by atoms with E-state index in [2.05, 4.69) is 49.9 Å². The van der Waals surface area contributed by atoms with Gasteiger partial charge in [-0.2, -0.15) is 0 Å². The molecule has 0 saturated carbocycles. The van der Waals surface area contributed by atoms with E-state index in [-0.39, 0.29) is 42.1 Å². The summed E-state index contributed by atoms with van der Waals surface area (Å²) in [5, 5.41) is 15.4. The van der Waals surface area contributed by atoms with Crippen molar-refractivity contribution in [2.45, 2.75) is 83.6 Å². The molecule has 5 N–H and O–H groups in total. The molecule has 0 spiro atoms. The molecular weight excluding hydrogens is 803 g/mol. The number of carbonyl (C=O) groups excluding carboxylic acids is 4. The van der Waals surface area contributed by atoms with E-state index in [0.717, 1.165) is 68.9 Å². The van der Waals surface area contributed by atoms with Gasteiger partial charge < -0.3 is 40.2 Å². The Morgan fingerprint density at radius 2 is 1.24 bits per heavy atom. The average Bonchev–Trinajstić information content (AvgIpc) is 4.14. The number of amides is 5. The lowest BCUT2D eigenvalue weighted by Gasteiger charge is -2.32. The van der Waals surface area contributed by atoms with Crippen LogP contribution in [0.3, 0.4) is 0 Å². The Morgan fingerprint density at radius 3 is 1.70 bits per heavy atom. The molecule has 2 aliphatic heterocycles. The van der Waals surface area contributed by atoms with Gasteiger partial charge in [0.1, 0.15) is 23.7 Å². The van der Waals surface area contributed by atoms with E-state index in [1.807, 2.05) is 62.4 Å². The van der Waals surface area contributed by atoms with Crippen LogP contribution in [-0.2, 0) is 32.1 Å². The monoisotopic (exact) mass is 857 g/mol. The van der Waals surface area contributed by atoms with Crippen molar-refractivity contribution in [1.82, 2.24) is 45.3 Å². The lowest BCUT2D eigenvalue weighted by atomic mass is 10.0. The number of carbonyl (C=O) groups is 5. The van der Waals surface area contributed by atoms with Crippen molar-refractivity contribution in [3.05, 3.63) is 108 Å². The molecule has 4 heterocycles. The quantitative estimate of drug-likeness (QED) is 0.0805. The maximum absolute atomic E-state index is 14.1. The zero-order valence-electron chi connectivity index (χ0n) is 36.3. The topological polar surface area (TPSA) is 206 Å². The molecule has 330 valence electrons. The highest BCUT2D eigenvalue weighted by Crippen LogP contribution is 2.35. The minimum absolute atomic E-state index is 0.118. The number of H-pyrrole nitrogens is 2. The third kappa shape index (κ3) is 10.1. The molecule has 3 aromatic carbocycles. The number of nitrogens with zero attached hydrogens (tertiary/aromatic N) is 5. The number of hydrogen-bond acceptors (Lipinski definition) is 8. The van der Waals surface area contributed by atoms with E-state index in [9.17, 15) is 29.1 Å². The summed E-state index contributed by atoms with van der Waals surface area (Å²) in [7, 11) is 2.71. The number of carboxylic acid groups (broad SMARTS) is 1. The minimum Gasteiger partial charge on any atom is -0.465 e. The highest BCUT2D eigenvalue weighted by Gasteiger charge is 2.39. The molecule has 2 aromatic heterocycles. The van der Waals surface area contributed by atoms with Crippen LogP contribution in [0.1, 0.15) is 81.3 Å². The number of methoxy groups -OCH3 is 1. The fraction of sp³-hybridized carbons (Fsp3) is 0.383. The molecule has 4 atom stereocenters. The second kappa shape index (κ2) is 19.4. The smallest absolute Gasteiger partial charge is 0.407 e. The normalized spacial score (nSPS) is 17.0. The summed E-state index contributed by atoms with van der Waals surface area (Å²) < 4.78 is 4.76. The standard InChI is InChI=1S/C47H55N9O7/c1-28(2)41(53-46(60)63-5)45(59)56-23-7-9-39(56)43-50-27-37(52-43)35-20-16-33(17-21-35)32-14-18-34(19-15-32)36-26-49-42(51-36)38-8-6-22-55(38)44(58)40(54(4)47(61)62)24-30-10-12-31(13-11-30)25-48-29(3)57/h10-21,26-28,38-41H,6-9,22-25H2,1-5H3,(H,48,57)(H,49,51)(H,50,52)(H,53,60)(H,61,62)/t38-,39-,40-,41-/m0/s1. The predicted octanol–water partition coefficient (Wildman–Crippen LogP) is 6.70. The first-order chi connectivity index (χ1) is 30.3. The van der Waals surface area contributed by atoms with E-state index in [1.54, 1.807) is 22.2 Å². The molecule has 5 amide bonds. The molecule has 0 unspecified atom stereocenters. The molecule has 16 heteroatoms. The third-order valence-corrected chi connectivity index (χ3v) is 12.1. The molecule has 0 aliphatic carbocycles. The van der Waals surface area contributed by atoms with Crippen LogP contribution in [0.25, 0.3) is 33.6 Å². The Kier molecular flexibility index (Phi) is 13.6. The summed E-state index contributed by atoms with van der Waals surface area (Å²) in [5.41, 5.74) is 7.30. The van der Waals surface area contributed by atoms with Crippen molar-refractivity contribution in [3.8, 4) is 33.6 Å². The van der Waals surface area contributed by atoms with E-state index in [1.165, 1.54) is 21.1 Å². The summed E-state index contributed by atoms with van der Waals surface area (Å²) in [6.45, 7) is 6.70. The molecular formula is C47H55N9O7. The molecule has 7 rings (SSSR count). The molecule has 0 radical (unpaired) electrons. The number of alkyl carbamates (subject to hydrolysis) is 1. The molecule has 2 fully saturated rings. The van der Waals surface area contributed by atoms with Crippen LogP contribution in [0.4, 0.5) is 9.59 Å². The van der Waals surface area contributed by atoms with Crippen molar-refractivity contribution in [1.29, 1.82) is 0 Å². The Hall–Kier alpha value is -6.97. The number of nitrogens with one attached hydrogen (secondary N) is 4.